The summed E-state index contributed by atoms with van der Waals surface area (Å²) < 4.78 is 26.2. The third-order valence-corrected chi connectivity index (χ3v) is 4.65. The van der Waals surface area contributed by atoms with Gasteiger partial charge in [0.15, 0.2) is 0 Å². The van der Waals surface area contributed by atoms with Gasteiger partial charge >= 0.3 is 0 Å². The Balaban J connectivity index is 1.92. The number of hydrogen-bond acceptors (Lipinski definition) is 3. The maximum atomic E-state index is 11.8. The molecule has 0 aromatic heterocycles. The van der Waals surface area contributed by atoms with Gasteiger partial charge in [-0.3, -0.25) is 0 Å². The van der Waals surface area contributed by atoms with Gasteiger partial charge < -0.3 is 5.11 Å². The first-order valence-corrected chi connectivity index (χ1v) is 7.89. The standard InChI is InChI=1S/C13H19NO3S/c15-9-13(8-11-4-2-1-3-5-11)14-18(16,17)10-12-6-7-12/h1-5,12-15H,6-10H2/t13-/m0/s1. The number of hydrogen-bond donors (Lipinski definition) is 2. The van der Waals surface area contributed by atoms with Crippen LogP contribution in [0.15, 0.2) is 30.3 Å². The van der Waals surface area contributed by atoms with Crippen LogP contribution in [0.5, 0.6) is 0 Å². The van der Waals surface area contributed by atoms with E-state index in [1.807, 2.05) is 30.3 Å². The Morgan fingerprint density at radius 3 is 2.50 bits per heavy atom. The molecule has 18 heavy (non-hydrogen) atoms. The van der Waals surface area contributed by atoms with Gasteiger partial charge in [-0.1, -0.05) is 30.3 Å². The third-order valence-electron chi connectivity index (χ3n) is 3.04. The summed E-state index contributed by atoms with van der Waals surface area (Å²) in [6, 6.07) is 9.14. The summed E-state index contributed by atoms with van der Waals surface area (Å²) in [6.07, 6.45) is 2.52. The topological polar surface area (TPSA) is 66.4 Å². The molecule has 1 fully saturated rings. The summed E-state index contributed by atoms with van der Waals surface area (Å²) in [4.78, 5) is 0. The van der Waals surface area contributed by atoms with Crippen LogP contribution in [0.25, 0.3) is 0 Å². The summed E-state index contributed by atoms with van der Waals surface area (Å²) in [5, 5.41) is 9.27. The summed E-state index contributed by atoms with van der Waals surface area (Å²) in [5.41, 5.74) is 1.02. The minimum Gasteiger partial charge on any atom is -0.395 e. The number of rotatable bonds is 7. The Labute approximate surface area is 108 Å². The van der Waals surface area contributed by atoms with Gasteiger partial charge in [0, 0.05) is 6.04 Å². The second-order valence-corrected chi connectivity index (χ2v) is 6.71. The first-order valence-electron chi connectivity index (χ1n) is 6.24. The van der Waals surface area contributed by atoms with Crippen LogP contribution < -0.4 is 4.72 Å². The number of aliphatic hydroxyl groups is 1. The lowest BCUT2D eigenvalue weighted by Gasteiger charge is -2.16. The molecule has 0 heterocycles. The molecule has 0 saturated heterocycles. The predicted molar refractivity (Wildman–Crippen MR) is 70.7 cm³/mol. The van der Waals surface area contributed by atoms with Gasteiger partial charge in [-0.05, 0) is 30.7 Å². The third kappa shape index (κ3) is 4.40. The Morgan fingerprint density at radius 1 is 1.28 bits per heavy atom. The number of nitrogens with one attached hydrogen (secondary N) is 1. The smallest absolute Gasteiger partial charge is 0.212 e. The lowest BCUT2D eigenvalue weighted by Crippen LogP contribution is -2.40. The molecule has 0 radical (unpaired) electrons. The van der Waals surface area contributed by atoms with E-state index in [1.54, 1.807) is 0 Å². The van der Waals surface area contributed by atoms with Crippen molar-refractivity contribution in [2.75, 3.05) is 12.4 Å². The van der Waals surface area contributed by atoms with Crippen molar-refractivity contribution < 1.29 is 13.5 Å². The normalized spacial score (nSPS) is 17.6. The molecule has 0 spiro atoms. The molecular formula is C13H19NO3S. The molecule has 0 amide bonds. The van der Waals surface area contributed by atoms with Gasteiger partial charge in [-0.15, -0.1) is 0 Å². The Kier molecular flexibility index (Phi) is 4.37. The zero-order chi connectivity index (χ0) is 13.0. The first-order chi connectivity index (χ1) is 8.59. The zero-order valence-electron chi connectivity index (χ0n) is 10.2. The van der Waals surface area contributed by atoms with E-state index in [-0.39, 0.29) is 12.4 Å². The minimum atomic E-state index is -3.26. The van der Waals surface area contributed by atoms with Crippen LogP contribution in [0.4, 0.5) is 0 Å². The van der Waals surface area contributed by atoms with Crippen LogP contribution in [-0.4, -0.2) is 31.9 Å². The van der Waals surface area contributed by atoms with Crippen molar-refractivity contribution in [3.63, 3.8) is 0 Å². The molecule has 0 bridgehead atoms. The molecule has 1 atom stereocenters. The predicted octanol–water partition coefficient (Wildman–Crippen LogP) is 0.919. The maximum Gasteiger partial charge on any atom is 0.212 e. The zero-order valence-corrected chi connectivity index (χ0v) is 11.1. The summed E-state index contributed by atoms with van der Waals surface area (Å²) in [6.45, 7) is -0.182. The van der Waals surface area contributed by atoms with Crippen LogP contribution >= 0.6 is 0 Å². The molecule has 2 N–H and O–H groups in total. The minimum absolute atomic E-state index is 0.182. The molecule has 1 aliphatic carbocycles. The van der Waals surface area contributed by atoms with E-state index in [0.717, 1.165) is 18.4 Å². The van der Waals surface area contributed by atoms with E-state index in [0.29, 0.717) is 12.3 Å². The van der Waals surface area contributed by atoms with E-state index >= 15 is 0 Å². The second kappa shape index (κ2) is 5.82. The fourth-order valence-electron chi connectivity index (χ4n) is 1.94. The number of aliphatic hydroxyl groups excluding tert-OH is 1. The van der Waals surface area contributed by atoms with Crippen molar-refractivity contribution in [1.29, 1.82) is 0 Å². The lowest BCUT2D eigenvalue weighted by atomic mass is 10.1. The maximum absolute atomic E-state index is 11.8. The van der Waals surface area contributed by atoms with Crippen LogP contribution in [0, 0.1) is 5.92 Å². The molecule has 0 unspecified atom stereocenters. The number of benzene rings is 1. The highest BCUT2D eigenvalue weighted by Crippen LogP contribution is 2.30. The molecular weight excluding hydrogens is 250 g/mol. The molecule has 1 aromatic carbocycles. The number of sulfonamides is 1. The van der Waals surface area contributed by atoms with Crippen molar-refractivity contribution in [2.24, 2.45) is 5.92 Å². The first kappa shape index (κ1) is 13.5. The van der Waals surface area contributed by atoms with Crippen molar-refractivity contribution in [1.82, 2.24) is 4.72 Å². The molecule has 1 saturated carbocycles. The highest BCUT2D eigenvalue weighted by Gasteiger charge is 2.29. The van der Waals surface area contributed by atoms with Crippen LogP contribution in [0.1, 0.15) is 18.4 Å². The van der Waals surface area contributed by atoms with Crippen molar-refractivity contribution in [2.45, 2.75) is 25.3 Å². The van der Waals surface area contributed by atoms with E-state index in [9.17, 15) is 13.5 Å². The van der Waals surface area contributed by atoms with Crippen LogP contribution in [0.2, 0.25) is 0 Å². The second-order valence-electron chi connectivity index (χ2n) is 4.91. The molecule has 1 aromatic rings. The van der Waals surface area contributed by atoms with Gasteiger partial charge in [-0.2, -0.15) is 0 Å². The van der Waals surface area contributed by atoms with Crippen molar-refractivity contribution >= 4 is 10.0 Å². The van der Waals surface area contributed by atoms with Crippen LogP contribution in [-0.2, 0) is 16.4 Å². The van der Waals surface area contributed by atoms with Gasteiger partial charge in [-0.25, -0.2) is 13.1 Å². The molecule has 2 rings (SSSR count). The van der Waals surface area contributed by atoms with Crippen molar-refractivity contribution in [3.8, 4) is 0 Å². The molecule has 5 heteroatoms. The summed E-state index contributed by atoms with van der Waals surface area (Å²) >= 11 is 0. The van der Waals surface area contributed by atoms with E-state index < -0.39 is 16.1 Å². The van der Waals surface area contributed by atoms with E-state index in [1.165, 1.54) is 0 Å². The van der Waals surface area contributed by atoms with Crippen molar-refractivity contribution in [3.05, 3.63) is 35.9 Å². The van der Waals surface area contributed by atoms with Gasteiger partial charge in [0.2, 0.25) is 10.0 Å². The van der Waals surface area contributed by atoms with E-state index in [2.05, 4.69) is 4.72 Å². The highest BCUT2D eigenvalue weighted by molar-refractivity contribution is 7.89. The average Bonchev–Trinajstić information content (AvgIpc) is 3.12. The fraction of sp³-hybridized carbons (Fsp3) is 0.538. The Hall–Kier alpha value is -0.910. The fourth-order valence-corrected chi connectivity index (χ4v) is 3.65. The molecule has 1 aliphatic rings. The van der Waals surface area contributed by atoms with E-state index in [4.69, 9.17) is 0 Å². The van der Waals surface area contributed by atoms with Crippen LogP contribution in [0.3, 0.4) is 0 Å². The molecule has 100 valence electrons. The quantitative estimate of drug-likeness (QED) is 0.773. The summed E-state index contributed by atoms with van der Waals surface area (Å²) in [7, 11) is -3.26. The largest absolute Gasteiger partial charge is 0.395 e. The summed E-state index contributed by atoms with van der Waals surface area (Å²) in [5.74, 6) is 0.511. The van der Waals surface area contributed by atoms with Gasteiger partial charge in [0.05, 0.1) is 12.4 Å². The Morgan fingerprint density at radius 2 is 1.94 bits per heavy atom. The SMILES string of the molecule is O=S(=O)(CC1CC1)N[C@H](CO)Cc1ccccc1. The highest BCUT2D eigenvalue weighted by atomic mass is 32.2. The molecule has 0 aliphatic heterocycles. The van der Waals surface area contributed by atoms with Gasteiger partial charge in [0.1, 0.15) is 0 Å². The average molecular weight is 269 g/mol. The Bertz CT molecular complexity index is 468. The molecule has 4 nitrogen and oxygen atoms in total. The lowest BCUT2D eigenvalue weighted by molar-refractivity contribution is 0.256. The monoisotopic (exact) mass is 269 g/mol. The van der Waals surface area contributed by atoms with Gasteiger partial charge in [0.25, 0.3) is 0 Å².